The zero-order valence-corrected chi connectivity index (χ0v) is 8.02. The second-order valence-electron chi connectivity index (χ2n) is 3.27. The maximum absolute atomic E-state index is 13.2. The molecule has 0 bridgehead atoms. The lowest BCUT2D eigenvalue weighted by Gasteiger charge is -2.04. The van der Waals surface area contributed by atoms with Crippen LogP contribution in [0, 0.1) is 18.6 Å². The van der Waals surface area contributed by atoms with E-state index in [2.05, 4.69) is 0 Å². The fourth-order valence-electron chi connectivity index (χ4n) is 1.33. The normalized spacial score (nSPS) is 10.2. The molecule has 0 amide bonds. The van der Waals surface area contributed by atoms with Crippen LogP contribution in [0.25, 0.3) is 0 Å². The van der Waals surface area contributed by atoms with Crippen LogP contribution >= 0.6 is 0 Å². The highest BCUT2D eigenvalue weighted by atomic mass is 19.1. The van der Waals surface area contributed by atoms with Crippen LogP contribution < -0.4 is 0 Å². The zero-order valence-electron chi connectivity index (χ0n) is 8.02. The summed E-state index contributed by atoms with van der Waals surface area (Å²) in [4.78, 5) is 10.0. The Balaban J connectivity index is 2.80. The summed E-state index contributed by atoms with van der Waals surface area (Å²) in [6, 6.07) is 2.61. The summed E-state index contributed by atoms with van der Waals surface area (Å²) in [7, 11) is 0. The number of hydrogen-bond acceptors (Lipinski definition) is 1. The average molecular weight is 198 g/mol. The van der Waals surface area contributed by atoms with E-state index in [0.29, 0.717) is 18.4 Å². The summed E-state index contributed by atoms with van der Waals surface area (Å²) in [6.45, 7) is 1.64. The Morgan fingerprint density at radius 3 is 2.36 bits per heavy atom. The molecule has 0 aliphatic carbocycles. The smallest absolute Gasteiger partial charge is 0.129 e. The van der Waals surface area contributed by atoms with E-state index in [1.807, 2.05) is 0 Å². The van der Waals surface area contributed by atoms with Gasteiger partial charge in [-0.3, -0.25) is 0 Å². The number of carbonyl (C=O) groups is 1. The van der Waals surface area contributed by atoms with Crippen molar-refractivity contribution in [2.75, 3.05) is 0 Å². The summed E-state index contributed by atoms with van der Waals surface area (Å²) in [6.07, 6.45) is 1.86. The van der Waals surface area contributed by atoms with Crippen LogP contribution in [0.4, 0.5) is 8.78 Å². The van der Waals surface area contributed by atoms with E-state index >= 15 is 0 Å². The minimum Gasteiger partial charge on any atom is -0.303 e. The number of hydrogen-bond donors (Lipinski definition) is 0. The Bertz CT molecular complexity index is 311. The second-order valence-corrected chi connectivity index (χ2v) is 3.27. The number of benzene rings is 1. The van der Waals surface area contributed by atoms with E-state index in [-0.39, 0.29) is 12.0 Å². The lowest BCUT2D eigenvalue weighted by molar-refractivity contribution is -0.107. The van der Waals surface area contributed by atoms with Crippen LogP contribution in [0.1, 0.15) is 24.0 Å². The van der Waals surface area contributed by atoms with Gasteiger partial charge in [0.1, 0.15) is 17.9 Å². The van der Waals surface area contributed by atoms with Gasteiger partial charge in [-0.25, -0.2) is 8.78 Å². The van der Waals surface area contributed by atoms with Crippen LogP contribution in [0.3, 0.4) is 0 Å². The number of aryl methyl sites for hydroxylation is 1. The fraction of sp³-hybridized carbons (Fsp3) is 0.364. The SMILES string of the molecule is Cc1cc(F)c(CCCC=O)c(F)c1. The zero-order chi connectivity index (χ0) is 10.6. The minimum atomic E-state index is -0.520. The molecule has 0 fully saturated rings. The number of unbranched alkanes of at least 4 members (excludes halogenated alkanes) is 1. The Kier molecular flexibility index (Phi) is 3.74. The molecule has 0 atom stereocenters. The fourth-order valence-corrected chi connectivity index (χ4v) is 1.33. The lowest BCUT2D eigenvalue weighted by atomic mass is 10.1. The van der Waals surface area contributed by atoms with E-state index in [0.717, 1.165) is 6.29 Å². The highest BCUT2D eigenvalue weighted by molar-refractivity contribution is 5.49. The van der Waals surface area contributed by atoms with Crippen molar-refractivity contribution >= 4 is 6.29 Å². The Morgan fingerprint density at radius 1 is 1.29 bits per heavy atom. The Morgan fingerprint density at radius 2 is 1.86 bits per heavy atom. The number of aldehydes is 1. The molecule has 1 aromatic rings. The summed E-state index contributed by atoms with van der Waals surface area (Å²) < 4.78 is 26.4. The van der Waals surface area contributed by atoms with Gasteiger partial charge in [0.15, 0.2) is 0 Å². The molecular weight excluding hydrogens is 186 g/mol. The molecule has 1 aromatic carbocycles. The van der Waals surface area contributed by atoms with Crippen molar-refractivity contribution in [1.29, 1.82) is 0 Å². The second kappa shape index (κ2) is 4.84. The molecule has 3 heteroatoms. The average Bonchev–Trinajstić information content (AvgIpc) is 2.09. The van der Waals surface area contributed by atoms with Crippen molar-refractivity contribution in [1.82, 2.24) is 0 Å². The first kappa shape index (κ1) is 10.8. The summed E-state index contributed by atoms with van der Waals surface area (Å²) in [5, 5.41) is 0. The molecule has 1 nitrogen and oxygen atoms in total. The van der Waals surface area contributed by atoms with Gasteiger partial charge in [-0.2, -0.15) is 0 Å². The van der Waals surface area contributed by atoms with Gasteiger partial charge in [-0.15, -0.1) is 0 Å². The van der Waals surface area contributed by atoms with Gasteiger partial charge in [-0.05, 0) is 37.5 Å². The first-order valence-corrected chi connectivity index (χ1v) is 4.53. The molecule has 0 spiro atoms. The molecular formula is C11H12F2O. The molecule has 0 saturated heterocycles. The highest BCUT2D eigenvalue weighted by Gasteiger charge is 2.08. The van der Waals surface area contributed by atoms with Crippen LogP contribution in [0.2, 0.25) is 0 Å². The summed E-state index contributed by atoms with van der Waals surface area (Å²) >= 11 is 0. The third kappa shape index (κ3) is 2.62. The topological polar surface area (TPSA) is 17.1 Å². The van der Waals surface area contributed by atoms with Crippen molar-refractivity contribution in [2.45, 2.75) is 26.2 Å². The molecule has 0 unspecified atom stereocenters. The van der Waals surface area contributed by atoms with Crippen molar-refractivity contribution in [3.05, 3.63) is 34.9 Å². The quantitative estimate of drug-likeness (QED) is 0.537. The first-order valence-electron chi connectivity index (χ1n) is 4.53. The van der Waals surface area contributed by atoms with E-state index in [9.17, 15) is 13.6 Å². The number of carbonyl (C=O) groups excluding carboxylic acids is 1. The van der Waals surface area contributed by atoms with Gasteiger partial charge in [0.2, 0.25) is 0 Å². The summed E-state index contributed by atoms with van der Waals surface area (Å²) in [5.41, 5.74) is 0.650. The molecule has 76 valence electrons. The van der Waals surface area contributed by atoms with Crippen LogP contribution in [-0.2, 0) is 11.2 Å². The van der Waals surface area contributed by atoms with Crippen LogP contribution in [-0.4, -0.2) is 6.29 Å². The van der Waals surface area contributed by atoms with Crippen LogP contribution in [0.5, 0.6) is 0 Å². The maximum Gasteiger partial charge on any atom is 0.129 e. The van der Waals surface area contributed by atoms with Crippen molar-refractivity contribution in [2.24, 2.45) is 0 Å². The van der Waals surface area contributed by atoms with E-state index in [1.165, 1.54) is 12.1 Å². The molecule has 0 saturated carbocycles. The van der Waals surface area contributed by atoms with Gasteiger partial charge >= 0.3 is 0 Å². The van der Waals surface area contributed by atoms with Gasteiger partial charge < -0.3 is 4.79 Å². The third-order valence-electron chi connectivity index (χ3n) is 2.03. The first-order chi connectivity index (χ1) is 6.65. The molecule has 1 rings (SSSR count). The predicted octanol–water partition coefficient (Wildman–Crippen LogP) is 2.79. The molecule has 0 heterocycles. The molecule has 0 aliphatic rings. The standard InChI is InChI=1S/C11H12F2O/c1-8-6-10(12)9(11(13)7-8)4-2-3-5-14/h5-7H,2-4H2,1H3. The lowest BCUT2D eigenvalue weighted by Crippen LogP contribution is -1.97. The third-order valence-corrected chi connectivity index (χ3v) is 2.03. The highest BCUT2D eigenvalue weighted by Crippen LogP contribution is 2.16. The van der Waals surface area contributed by atoms with E-state index < -0.39 is 11.6 Å². The van der Waals surface area contributed by atoms with Crippen molar-refractivity contribution < 1.29 is 13.6 Å². The van der Waals surface area contributed by atoms with E-state index in [4.69, 9.17) is 0 Å². The van der Waals surface area contributed by atoms with Crippen molar-refractivity contribution in [3.8, 4) is 0 Å². The molecule has 0 aromatic heterocycles. The Hall–Kier alpha value is -1.25. The van der Waals surface area contributed by atoms with Gasteiger partial charge in [-0.1, -0.05) is 0 Å². The molecule has 14 heavy (non-hydrogen) atoms. The Labute approximate surface area is 81.7 Å². The van der Waals surface area contributed by atoms with Crippen molar-refractivity contribution in [3.63, 3.8) is 0 Å². The summed E-state index contributed by atoms with van der Waals surface area (Å²) in [5.74, 6) is -1.04. The monoisotopic (exact) mass is 198 g/mol. The molecule has 0 aliphatic heterocycles. The van der Waals surface area contributed by atoms with Gasteiger partial charge in [0.25, 0.3) is 0 Å². The van der Waals surface area contributed by atoms with Gasteiger partial charge in [0, 0.05) is 12.0 Å². The maximum atomic E-state index is 13.2. The number of rotatable bonds is 4. The molecule has 0 N–H and O–H groups in total. The van der Waals surface area contributed by atoms with Crippen LogP contribution in [0.15, 0.2) is 12.1 Å². The largest absolute Gasteiger partial charge is 0.303 e. The number of halogens is 2. The molecule has 0 radical (unpaired) electrons. The predicted molar refractivity (Wildman–Crippen MR) is 50.1 cm³/mol. The van der Waals surface area contributed by atoms with Gasteiger partial charge in [0.05, 0.1) is 0 Å². The minimum absolute atomic E-state index is 0.0810. The van der Waals surface area contributed by atoms with E-state index in [1.54, 1.807) is 6.92 Å².